The summed E-state index contributed by atoms with van der Waals surface area (Å²) in [6, 6.07) is 16.1. The second-order valence-electron chi connectivity index (χ2n) is 22.4. The number of fused-ring (bicyclic) bond motifs is 3. The van der Waals surface area contributed by atoms with Crippen LogP contribution in [-0.2, 0) is 20.6 Å². The molecule has 30 heteroatoms. The van der Waals surface area contributed by atoms with Crippen molar-refractivity contribution in [1.82, 2.24) is 0 Å². The number of phenolic OH excluding ortho intramolecular Hbond substituents is 21. The molecule has 8 atom stereocenters. The van der Waals surface area contributed by atoms with Crippen molar-refractivity contribution >= 4 is 17.9 Å². The van der Waals surface area contributed by atoms with Gasteiger partial charge in [0.25, 0.3) is 0 Å². The summed E-state index contributed by atoms with van der Waals surface area (Å²) in [5.74, 6) is -30.4. The molecule has 0 fully saturated rings. The predicted molar refractivity (Wildman–Crippen MR) is 318 cm³/mol. The number of carbonyl (C=O) groups is 3. The Balaban J connectivity index is 1.16. The molecule has 0 saturated carbocycles. The van der Waals surface area contributed by atoms with Gasteiger partial charge in [-0.3, -0.25) is 0 Å². The van der Waals surface area contributed by atoms with Crippen LogP contribution in [0, 0.1) is 0 Å². The fourth-order valence-electron chi connectivity index (χ4n) is 12.0. The Morgan fingerprint density at radius 1 is 0.312 bits per heavy atom. The summed E-state index contributed by atoms with van der Waals surface area (Å²) in [7, 11) is 0. The molecule has 96 heavy (non-hydrogen) atoms. The maximum atomic E-state index is 14.9. The highest BCUT2D eigenvalue weighted by molar-refractivity contribution is 5.93. The lowest BCUT2D eigenvalue weighted by Gasteiger charge is -2.44. The topological polar surface area (TPSA) is 531 Å². The van der Waals surface area contributed by atoms with Crippen molar-refractivity contribution in [3.8, 4) is 138 Å². The van der Waals surface area contributed by atoms with Crippen LogP contribution >= 0.6 is 0 Å². The van der Waals surface area contributed by atoms with Gasteiger partial charge in [-0.15, -0.1) is 0 Å². The quantitative estimate of drug-likeness (QED) is 0.0341. The third-order valence-corrected chi connectivity index (χ3v) is 16.4. The van der Waals surface area contributed by atoms with Crippen LogP contribution in [0.4, 0.5) is 0 Å². The van der Waals surface area contributed by atoms with Crippen LogP contribution < -0.4 is 14.2 Å². The molecule has 0 radical (unpaired) electrons. The van der Waals surface area contributed by atoms with E-state index in [2.05, 4.69) is 0 Å². The monoisotopic (exact) mass is 1320 g/mol. The summed E-state index contributed by atoms with van der Waals surface area (Å²) >= 11 is 0. The van der Waals surface area contributed by atoms with Crippen LogP contribution in [0.2, 0.25) is 0 Å². The first-order chi connectivity index (χ1) is 45.5. The largest absolute Gasteiger partial charge is 0.508 e. The highest BCUT2D eigenvalue weighted by atomic mass is 16.6. The van der Waals surface area contributed by atoms with Crippen molar-refractivity contribution in [1.29, 1.82) is 0 Å². The molecule has 12 rings (SSSR count). The average Bonchev–Trinajstić information content (AvgIpc) is 0.709. The molecule has 0 aliphatic carbocycles. The van der Waals surface area contributed by atoms with Gasteiger partial charge in [0.1, 0.15) is 57.8 Å². The highest BCUT2D eigenvalue weighted by Gasteiger charge is 2.54. The van der Waals surface area contributed by atoms with Gasteiger partial charge in [-0.2, -0.15) is 0 Å². The van der Waals surface area contributed by atoms with Gasteiger partial charge in [0.15, 0.2) is 117 Å². The van der Waals surface area contributed by atoms with Crippen molar-refractivity contribution < 1.29 is 150 Å². The Kier molecular flexibility index (Phi) is 15.3. The van der Waals surface area contributed by atoms with E-state index in [1.54, 1.807) is 0 Å². The normalized spacial score (nSPS) is 19.2. The van der Waals surface area contributed by atoms with Crippen LogP contribution in [0.25, 0.3) is 0 Å². The van der Waals surface area contributed by atoms with E-state index in [-0.39, 0.29) is 16.7 Å². The number of rotatable bonds is 11. The maximum absolute atomic E-state index is 14.9. The van der Waals surface area contributed by atoms with Crippen LogP contribution in [0.5, 0.6) is 138 Å². The summed E-state index contributed by atoms with van der Waals surface area (Å²) in [5, 5.41) is 232. The minimum atomic E-state index is -2.27. The number of hydrogen-bond donors (Lipinski definition) is 21. The zero-order valence-corrected chi connectivity index (χ0v) is 48.4. The molecule has 3 heterocycles. The van der Waals surface area contributed by atoms with E-state index in [0.717, 1.165) is 72.8 Å². The van der Waals surface area contributed by atoms with E-state index >= 15 is 0 Å². The molecular formula is C66H50O30. The van der Waals surface area contributed by atoms with Crippen molar-refractivity contribution in [3.63, 3.8) is 0 Å². The van der Waals surface area contributed by atoms with Gasteiger partial charge in [0.2, 0.25) is 0 Å². The molecular weight excluding hydrogens is 1270 g/mol. The average molecular weight is 1320 g/mol. The second-order valence-corrected chi connectivity index (χ2v) is 22.4. The molecule has 21 N–H and O–H groups in total. The number of carbonyl (C=O) groups excluding carboxylic acids is 3. The van der Waals surface area contributed by atoms with Gasteiger partial charge in [0, 0.05) is 75.2 Å². The van der Waals surface area contributed by atoms with Crippen molar-refractivity contribution in [2.24, 2.45) is 0 Å². The first-order valence-corrected chi connectivity index (χ1v) is 28.1. The van der Waals surface area contributed by atoms with E-state index in [9.17, 15) is 122 Å². The molecule has 0 spiro atoms. The predicted octanol–water partition coefficient (Wildman–Crippen LogP) is 7.39. The van der Waals surface area contributed by atoms with Crippen molar-refractivity contribution in [2.45, 2.75) is 54.9 Å². The highest BCUT2D eigenvalue weighted by Crippen LogP contribution is 2.64. The zero-order valence-electron chi connectivity index (χ0n) is 48.4. The Morgan fingerprint density at radius 2 is 0.656 bits per heavy atom. The molecule has 494 valence electrons. The van der Waals surface area contributed by atoms with E-state index in [4.69, 9.17) is 28.4 Å². The Bertz CT molecular complexity index is 4680. The summed E-state index contributed by atoms with van der Waals surface area (Å²) in [5.41, 5.74) is -5.75. The van der Waals surface area contributed by atoms with Gasteiger partial charge < -0.3 is 136 Å². The molecule has 0 unspecified atom stereocenters. The first-order valence-electron chi connectivity index (χ1n) is 28.1. The standard InChI is InChI=1S/C66H50O30/c67-27-16-36(75)48-46(17-27)91-58(22-2-5-30(69)34(73)8-22)62(95-65(89)25-12-42(81)55(86)43(82)13-25)52(48)50-38(77)20-39(78)51-53(63(96-66(90)26-14-44(83)56(87)45(84)15-26)59(94-61(50)51)23-3-6-31(70)35(74)9-23)49-37(76)19-32(71)28-18-47(92-64(88)24-10-40(79)54(85)41(80)11-24)57(93-60(28)49)21-1-4-29(68)33(72)7-21/h1-17,19-20,47,52-53,57-59,62-63,67-87H,18H2/t47-,52+,53-,57+,58+,59+,62+,63+/m0/s1. The Morgan fingerprint density at radius 3 is 1.07 bits per heavy atom. The van der Waals surface area contributed by atoms with E-state index < -0.39 is 255 Å². The number of benzene rings is 9. The second kappa shape index (κ2) is 23.4. The molecule has 30 nitrogen and oxygen atoms in total. The third kappa shape index (κ3) is 10.8. The molecule has 9 aromatic rings. The maximum Gasteiger partial charge on any atom is 0.338 e. The minimum absolute atomic E-state index is 0.160. The number of ether oxygens (including phenoxy) is 6. The number of esters is 3. The molecule has 0 bridgehead atoms. The van der Waals surface area contributed by atoms with Gasteiger partial charge in [-0.1, -0.05) is 18.2 Å². The molecule has 3 aliphatic rings. The van der Waals surface area contributed by atoms with Gasteiger partial charge >= 0.3 is 17.9 Å². The lowest BCUT2D eigenvalue weighted by atomic mass is 9.73. The smallest absolute Gasteiger partial charge is 0.338 e. The summed E-state index contributed by atoms with van der Waals surface area (Å²) in [6.07, 6.45) is -12.7. The first kappa shape index (κ1) is 62.8. The van der Waals surface area contributed by atoms with Gasteiger partial charge in [-0.25, -0.2) is 14.4 Å². The third-order valence-electron chi connectivity index (χ3n) is 16.4. The zero-order chi connectivity index (χ0) is 68.9. The van der Waals surface area contributed by atoms with Crippen LogP contribution in [-0.4, -0.2) is 143 Å². The summed E-state index contributed by atoms with van der Waals surface area (Å²) in [6.45, 7) is 0. The van der Waals surface area contributed by atoms with E-state index in [1.807, 2.05) is 0 Å². The number of phenols is 21. The van der Waals surface area contributed by atoms with Crippen LogP contribution in [0.3, 0.4) is 0 Å². The molecule has 0 amide bonds. The van der Waals surface area contributed by atoms with E-state index in [1.165, 1.54) is 6.07 Å². The molecule has 9 aromatic carbocycles. The van der Waals surface area contributed by atoms with Crippen LogP contribution in [0.15, 0.2) is 115 Å². The number of hydrogen-bond acceptors (Lipinski definition) is 30. The van der Waals surface area contributed by atoms with Gasteiger partial charge in [-0.05, 0) is 72.8 Å². The molecule has 0 saturated heterocycles. The summed E-state index contributed by atoms with van der Waals surface area (Å²) in [4.78, 5) is 43.7. The number of aromatic hydroxyl groups is 21. The van der Waals surface area contributed by atoms with Crippen molar-refractivity contribution in [3.05, 3.63) is 176 Å². The Labute approximate surface area is 535 Å². The Hall–Kier alpha value is -13.4. The molecule has 0 aromatic heterocycles. The summed E-state index contributed by atoms with van der Waals surface area (Å²) < 4.78 is 38.4. The SMILES string of the molecule is O=C(O[C@@H]1[C@@H](c2c(O)cc(O)c3c2O[C@H](c2ccc(O)c(O)c2)[C@@H](OC(=O)c2cc(O)c(O)c(O)c2)C3)c2c(O)cc(O)c([C@H]3c4c(O)cc(O)cc4O[C@H](c4ccc(O)c(O)c4)[C@@H]3OC(=O)c3cc(O)c(O)c(O)c3)c2O[C@@H]1c1ccc(O)c(O)c1)c1cc(O)c(O)c(O)c1. The fourth-order valence-corrected chi connectivity index (χ4v) is 12.0. The van der Waals surface area contributed by atoms with Crippen molar-refractivity contribution in [2.75, 3.05) is 0 Å². The van der Waals surface area contributed by atoms with Crippen LogP contribution in [0.1, 0.15) is 106 Å². The molecule has 3 aliphatic heterocycles. The van der Waals surface area contributed by atoms with E-state index in [0.29, 0.717) is 36.4 Å². The fraction of sp³-hybridized carbons (Fsp3) is 0.136. The lowest BCUT2D eigenvalue weighted by molar-refractivity contribution is -0.0345. The minimum Gasteiger partial charge on any atom is -0.508 e. The van der Waals surface area contributed by atoms with Gasteiger partial charge in [0.05, 0.1) is 28.5 Å². The lowest BCUT2D eigenvalue weighted by Crippen LogP contribution is -2.42.